The van der Waals surface area contributed by atoms with E-state index < -0.39 is 11.1 Å². The number of hydrogen-bond acceptors (Lipinski definition) is 3. The van der Waals surface area contributed by atoms with Gasteiger partial charge in [-0.05, 0) is 23.1 Å². The molecule has 146 valence electrons. The Morgan fingerprint density at radius 3 is 2.41 bits per heavy atom. The molecule has 2 atom stereocenters. The minimum absolute atomic E-state index is 0.0474. The first-order valence-corrected chi connectivity index (χ1v) is 10.7. The molecule has 0 fully saturated rings. The highest BCUT2D eigenvalue weighted by atomic mass is 32.2. The van der Waals surface area contributed by atoms with E-state index in [9.17, 15) is 8.60 Å². The molecule has 1 aliphatic rings. The lowest BCUT2D eigenvalue weighted by atomic mass is 9.83. The van der Waals surface area contributed by atoms with Crippen LogP contribution in [0.2, 0.25) is 0 Å². The average molecular weight is 425 g/mol. The molecule has 1 aliphatic heterocycles. The van der Waals surface area contributed by atoms with Crippen molar-refractivity contribution in [2.24, 2.45) is 0 Å². The van der Waals surface area contributed by atoms with Gasteiger partial charge < -0.3 is 9.29 Å². The van der Waals surface area contributed by atoms with Crippen molar-refractivity contribution in [2.45, 2.75) is 11.7 Å². The monoisotopic (exact) mass is 424 g/mol. The lowest BCUT2D eigenvalue weighted by Crippen LogP contribution is -2.16. The second-order valence-corrected chi connectivity index (χ2v) is 7.84. The lowest BCUT2D eigenvalue weighted by Gasteiger charge is -2.29. The summed E-state index contributed by atoms with van der Waals surface area (Å²) in [4.78, 5) is 0. The van der Waals surface area contributed by atoms with E-state index in [4.69, 9.17) is 21.5 Å². The van der Waals surface area contributed by atoms with E-state index in [2.05, 4.69) is 0 Å². The Kier molecular flexibility index (Phi) is 5.67. The van der Waals surface area contributed by atoms with Crippen molar-refractivity contribution in [1.82, 2.24) is 0 Å². The van der Waals surface area contributed by atoms with Gasteiger partial charge in [0, 0.05) is 28.2 Å². The van der Waals surface area contributed by atoms with Gasteiger partial charge >= 0.3 is 0 Å². The Bertz CT molecular complexity index is 1120. The first kappa shape index (κ1) is 19.6. The summed E-state index contributed by atoms with van der Waals surface area (Å²) in [5, 5.41) is 1.63. The molecule has 1 heterocycles. The summed E-state index contributed by atoms with van der Waals surface area (Å²) in [5.41, 5.74) is 3.45. The molecule has 3 aromatic carbocycles. The van der Waals surface area contributed by atoms with Crippen LogP contribution in [0.3, 0.4) is 0 Å². The standard InChI is InChI=1S/C23H17FO3S2/c24-20-7-3-1-6-18(20)22-19(13-28)17-5-2-4-8-21(17)27-23(22)16-11-9-15(10-12-16)14-29(25)26/h1-13,19H,14H2,(H,25,26). The average Bonchev–Trinajstić information content (AvgIpc) is 2.73. The molecule has 4 rings (SSSR count). The highest BCUT2D eigenvalue weighted by Gasteiger charge is 2.31. The third-order valence-corrected chi connectivity index (χ3v) is 5.68. The van der Waals surface area contributed by atoms with E-state index in [1.54, 1.807) is 35.7 Å². The number of ether oxygens (including phenoxy) is 1. The predicted octanol–water partition coefficient (Wildman–Crippen LogP) is 5.59. The topological polar surface area (TPSA) is 46.5 Å². The van der Waals surface area contributed by atoms with Gasteiger partial charge in [0.1, 0.15) is 17.3 Å². The molecular formula is C23H17FO3S2. The molecule has 2 unspecified atom stereocenters. The molecule has 6 heteroatoms. The minimum atomic E-state index is -1.92. The molecular weight excluding hydrogens is 407 g/mol. The molecule has 0 aliphatic carbocycles. The van der Waals surface area contributed by atoms with Crippen LogP contribution in [-0.4, -0.2) is 14.1 Å². The summed E-state index contributed by atoms with van der Waals surface area (Å²) >= 11 is 3.42. The molecule has 0 bridgehead atoms. The van der Waals surface area contributed by atoms with Gasteiger partial charge in [-0.15, -0.1) is 0 Å². The maximum Gasteiger partial charge on any atom is 0.157 e. The Hall–Kier alpha value is -2.67. The summed E-state index contributed by atoms with van der Waals surface area (Å²) in [7, 11) is 0. The summed E-state index contributed by atoms with van der Waals surface area (Å²) in [6, 6.07) is 21.3. The van der Waals surface area contributed by atoms with Gasteiger partial charge in [-0.2, -0.15) is 0 Å². The van der Waals surface area contributed by atoms with Gasteiger partial charge in [-0.3, -0.25) is 0 Å². The number of hydrogen-bond donors (Lipinski definition) is 1. The number of fused-ring (bicyclic) bond motifs is 1. The smallest absolute Gasteiger partial charge is 0.157 e. The van der Waals surface area contributed by atoms with E-state index in [0.717, 1.165) is 16.7 Å². The lowest BCUT2D eigenvalue weighted by molar-refractivity contribution is 0.499. The summed E-state index contributed by atoms with van der Waals surface area (Å²) in [6.07, 6.45) is 0. The predicted molar refractivity (Wildman–Crippen MR) is 118 cm³/mol. The van der Waals surface area contributed by atoms with Crippen molar-refractivity contribution in [3.8, 4) is 5.75 Å². The molecule has 0 saturated heterocycles. The van der Waals surface area contributed by atoms with Crippen LogP contribution >= 0.6 is 12.2 Å². The Morgan fingerprint density at radius 2 is 1.72 bits per heavy atom. The Morgan fingerprint density at radius 1 is 1.03 bits per heavy atom. The van der Waals surface area contributed by atoms with Gasteiger partial charge in [0.15, 0.2) is 11.1 Å². The van der Waals surface area contributed by atoms with Crippen molar-refractivity contribution in [3.05, 3.63) is 101 Å². The zero-order valence-electron chi connectivity index (χ0n) is 15.2. The number of benzene rings is 3. The molecule has 0 spiro atoms. The maximum absolute atomic E-state index is 14.8. The van der Waals surface area contributed by atoms with E-state index in [-0.39, 0.29) is 17.5 Å². The first-order chi connectivity index (χ1) is 14.1. The van der Waals surface area contributed by atoms with Crippen LogP contribution < -0.4 is 4.74 Å². The normalized spacial score (nSPS) is 16.7. The van der Waals surface area contributed by atoms with Crippen LogP contribution in [-0.2, 0) is 16.8 Å². The van der Waals surface area contributed by atoms with Gasteiger partial charge in [0.25, 0.3) is 0 Å². The van der Waals surface area contributed by atoms with E-state index in [1.165, 1.54) is 6.07 Å². The maximum atomic E-state index is 14.8. The molecule has 1 N–H and O–H groups in total. The molecule has 0 amide bonds. The highest BCUT2D eigenvalue weighted by molar-refractivity contribution is 7.79. The van der Waals surface area contributed by atoms with Gasteiger partial charge in [0.05, 0.1) is 5.75 Å². The van der Waals surface area contributed by atoms with E-state index in [0.29, 0.717) is 22.6 Å². The molecule has 29 heavy (non-hydrogen) atoms. The van der Waals surface area contributed by atoms with Crippen molar-refractivity contribution in [3.63, 3.8) is 0 Å². The summed E-state index contributed by atoms with van der Waals surface area (Å²) in [5.74, 6) is 0.584. The zero-order chi connectivity index (χ0) is 20.4. The number of rotatable bonds is 5. The van der Waals surface area contributed by atoms with E-state index in [1.807, 2.05) is 36.4 Å². The minimum Gasteiger partial charge on any atom is -0.456 e. The number of para-hydroxylation sites is 1. The number of thiocarbonyl (C=S) groups is 1. The second kappa shape index (κ2) is 8.37. The molecule has 0 aromatic heterocycles. The SMILES string of the molecule is O=S(O)Cc1ccc(C2=C(c3ccccc3F)C(C=S)c3ccccc3O2)cc1. The van der Waals surface area contributed by atoms with Gasteiger partial charge in [-0.25, -0.2) is 8.60 Å². The fourth-order valence-corrected chi connectivity index (χ4v) is 4.27. The van der Waals surface area contributed by atoms with Crippen LogP contribution in [0.25, 0.3) is 11.3 Å². The van der Waals surface area contributed by atoms with Crippen LogP contribution in [0.4, 0.5) is 4.39 Å². The van der Waals surface area contributed by atoms with Crippen LogP contribution in [0.15, 0.2) is 72.8 Å². The molecule has 0 radical (unpaired) electrons. The molecule has 3 aromatic rings. The van der Waals surface area contributed by atoms with Crippen molar-refractivity contribution >= 4 is 40.0 Å². The molecule has 3 nitrogen and oxygen atoms in total. The van der Waals surface area contributed by atoms with Crippen LogP contribution in [0, 0.1) is 5.82 Å². The van der Waals surface area contributed by atoms with Crippen molar-refractivity contribution in [2.75, 3.05) is 0 Å². The fourth-order valence-electron chi connectivity index (χ4n) is 3.51. The fraction of sp³-hybridized carbons (Fsp3) is 0.0870. The third kappa shape index (κ3) is 3.92. The Balaban J connectivity index is 1.91. The number of allylic oxidation sites excluding steroid dienone is 1. The third-order valence-electron chi connectivity index (χ3n) is 4.83. The second-order valence-electron chi connectivity index (χ2n) is 6.64. The van der Waals surface area contributed by atoms with Crippen molar-refractivity contribution < 1.29 is 17.9 Å². The van der Waals surface area contributed by atoms with Crippen molar-refractivity contribution in [1.29, 1.82) is 0 Å². The quantitative estimate of drug-likeness (QED) is 0.428. The zero-order valence-corrected chi connectivity index (χ0v) is 16.9. The highest BCUT2D eigenvalue weighted by Crippen LogP contribution is 2.46. The first-order valence-electron chi connectivity index (χ1n) is 8.96. The van der Waals surface area contributed by atoms with Crippen LogP contribution in [0.5, 0.6) is 5.75 Å². The summed E-state index contributed by atoms with van der Waals surface area (Å²) < 4.78 is 41.2. The van der Waals surface area contributed by atoms with Gasteiger partial charge in [-0.1, -0.05) is 72.9 Å². The number of halogens is 1. The Labute approximate surface area is 176 Å². The van der Waals surface area contributed by atoms with E-state index >= 15 is 0 Å². The van der Waals surface area contributed by atoms with Crippen LogP contribution in [0.1, 0.15) is 28.2 Å². The summed E-state index contributed by atoms with van der Waals surface area (Å²) in [6.45, 7) is 0. The van der Waals surface area contributed by atoms with Gasteiger partial charge in [0.2, 0.25) is 0 Å². The largest absolute Gasteiger partial charge is 0.456 e. The molecule has 0 saturated carbocycles.